The van der Waals surface area contributed by atoms with Gasteiger partial charge in [-0.3, -0.25) is 14.4 Å². The minimum absolute atomic E-state index is 0.00605. The molecule has 0 unspecified atom stereocenters. The van der Waals surface area contributed by atoms with Crippen molar-refractivity contribution in [2.45, 2.75) is 38.1 Å². The van der Waals surface area contributed by atoms with Gasteiger partial charge in [0.25, 0.3) is 0 Å². The normalized spacial score (nSPS) is 20.0. The van der Waals surface area contributed by atoms with Gasteiger partial charge in [-0.2, -0.15) is 0 Å². The predicted molar refractivity (Wildman–Crippen MR) is 96.7 cm³/mol. The molecule has 2 heterocycles. The van der Waals surface area contributed by atoms with Crippen LogP contribution in [-0.4, -0.2) is 66.3 Å². The van der Waals surface area contributed by atoms with E-state index in [1.807, 2.05) is 0 Å². The highest BCUT2D eigenvalue weighted by molar-refractivity contribution is 5.96. The quantitative estimate of drug-likeness (QED) is 0.713. The van der Waals surface area contributed by atoms with E-state index in [2.05, 4.69) is 0 Å². The Morgan fingerprint density at radius 2 is 1.74 bits per heavy atom. The average molecular weight is 376 g/mol. The lowest BCUT2D eigenvalue weighted by Gasteiger charge is -2.32. The third kappa shape index (κ3) is 4.91. The van der Waals surface area contributed by atoms with Crippen molar-refractivity contribution in [2.75, 3.05) is 32.8 Å². The Labute approximate surface area is 158 Å². The molecular formula is C20H25FN2O4. The molecule has 2 fully saturated rings. The molecule has 0 bridgehead atoms. The van der Waals surface area contributed by atoms with Crippen LogP contribution in [0.2, 0.25) is 0 Å². The number of ketones is 1. The van der Waals surface area contributed by atoms with Crippen molar-refractivity contribution in [3.8, 4) is 0 Å². The van der Waals surface area contributed by atoms with E-state index in [1.54, 1.807) is 9.80 Å². The number of hydrogen-bond donors (Lipinski definition) is 0. The first-order valence-corrected chi connectivity index (χ1v) is 9.51. The minimum atomic E-state index is -0.386. The second-order valence-corrected chi connectivity index (χ2v) is 6.97. The van der Waals surface area contributed by atoms with Crippen LogP contribution < -0.4 is 0 Å². The maximum absolute atomic E-state index is 12.9. The molecule has 1 aromatic carbocycles. The Morgan fingerprint density at radius 1 is 1.04 bits per heavy atom. The molecule has 3 rings (SSSR count). The van der Waals surface area contributed by atoms with E-state index in [-0.39, 0.29) is 42.3 Å². The Balaban J connectivity index is 1.48. The zero-order valence-electron chi connectivity index (χ0n) is 15.4. The van der Waals surface area contributed by atoms with Crippen LogP contribution >= 0.6 is 0 Å². The van der Waals surface area contributed by atoms with Gasteiger partial charge in [0.1, 0.15) is 11.9 Å². The van der Waals surface area contributed by atoms with Crippen molar-refractivity contribution in [3.05, 3.63) is 35.6 Å². The first-order valence-electron chi connectivity index (χ1n) is 9.51. The summed E-state index contributed by atoms with van der Waals surface area (Å²) in [6, 6.07) is 5.03. The molecule has 0 N–H and O–H groups in total. The third-order valence-electron chi connectivity index (χ3n) is 5.14. The number of carbonyl (C=O) groups is 3. The van der Waals surface area contributed by atoms with Gasteiger partial charge >= 0.3 is 0 Å². The lowest BCUT2D eigenvalue weighted by atomic mass is 10.0. The largest absolute Gasteiger partial charge is 0.378 e. The first kappa shape index (κ1) is 19.5. The third-order valence-corrected chi connectivity index (χ3v) is 5.14. The van der Waals surface area contributed by atoms with E-state index < -0.39 is 0 Å². The number of hydrogen-bond acceptors (Lipinski definition) is 4. The second kappa shape index (κ2) is 9.08. The molecule has 146 valence electrons. The number of benzene rings is 1. The van der Waals surface area contributed by atoms with Crippen LogP contribution in [0, 0.1) is 5.82 Å². The molecule has 0 aromatic heterocycles. The Kier molecular flexibility index (Phi) is 6.55. The topological polar surface area (TPSA) is 66.9 Å². The maximum Gasteiger partial charge on any atom is 0.245 e. The number of nitrogens with zero attached hydrogens (tertiary/aromatic N) is 2. The second-order valence-electron chi connectivity index (χ2n) is 6.97. The summed E-state index contributed by atoms with van der Waals surface area (Å²) >= 11 is 0. The zero-order chi connectivity index (χ0) is 19.2. The van der Waals surface area contributed by atoms with E-state index >= 15 is 0 Å². The summed E-state index contributed by atoms with van der Waals surface area (Å²) in [6.07, 6.45) is 2.40. The summed E-state index contributed by atoms with van der Waals surface area (Å²) < 4.78 is 18.2. The van der Waals surface area contributed by atoms with E-state index in [0.29, 0.717) is 51.3 Å². The number of halogens is 1. The van der Waals surface area contributed by atoms with Gasteiger partial charge in [0.05, 0.1) is 13.2 Å². The summed E-state index contributed by atoms with van der Waals surface area (Å²) in [5.41, 5.74) is 0.449. The Bertz CT molecular complexity index is 686. The van der Waals surface area contributed by atoms with Crippen molar-refractivity contribution in [1.82, 2.24) is 9.80 Å². The summed E-state index contributed by atoms with van der Waals surface area (Å²) in [5.74, 6) is -0.561. The number of amides is 2. The molecule has 27 heavy (non-hydrogen) atoms. The highest BCUT2D eigenvalue weighted by atomic mass is 19.1. The van der Waals surface area contributed by atoms with Crippen LogP contribution in [0.4, 0.5) is 4.39 Å². The molecule has 2 amide bonds. The van der Waals surface area contributed by atoms with Crippen molar-refractivity contribution in [3.63, 3.8) is 0 Å². The number of rotatable bonds is 6. The summed E-state index contributed by atoms with van der Waals surface area (Å²) in [7, 11) is 0. The van der Waals surface area contributed by atoms with E-state index in [4.69, 9.17) is 4.74 Å². The zero-order valence-corrected chi connectivity index (χ0v) is 15.4. The van der Waals surface area contributed by atoms with Crippen molar-refractivity contribution in [1.29, 1.82) is 0 Å². The maximum atomic E-state index is 12.9. The van der Waals surface area contributed by atoms with Gasteiger partial charge in [0.15, 0.2) is 5.78 Å². The van der Waals surface area contributed by atoms with Crippen molar-refractivity contribution >= 4 is 17.6 Å². The lowest BCUT2D eigenvalue weighted by Crippen LogP contribution is -2.51. The van der Waals surface area contributed by atoms with E-state index in [9.17, 15) is 18.8 Å². The molecule has 1 aromatic rings. The number of morpholine rings is 1. The highest BCUT2D eigenvalue weighted by Crippen LogP contribution is 2.22. The SMILES string of the molecule is O=C(CCCC(=O)N1CCC[C@@H]1C(=O)N1CCOCC1)c1ccc(F)cc1. The molecule has 7 heteroatoms. The standard InChI is InChI=1S/C20H25FN2O4/c21-16-8-6-15(7-9-16)18(24)4-1-5-19(25)23-10-2-3-17(23)20(26)22-11-13-27-14-12-22/h6-9,17H,1-5,10-14H2/t17-/m1/s1. The fourth-order valence-electron chi connectivity index (χ4n) is 3.64. The first-order chi connectivity index (χ1) is 13.1. The minimum Gasteiger partial charge on any atom is -0.378 e. The fraction of sp³-hybridized carbons (Fsp3) is 0.550. The Hall–Kier alpha value is -2.28. The predicted octanol–water partition coefficient (Wildman–Crippen LogP) is 2.03. The molecule has 2 saturated heterocycles. The van der Waals surface area contributed by atoms with E-state index in [1.165, 1.54) is 24.3 Å². The van der Waals surface area contributed by atoms with Crippen molar-refractivity contribution < 1.29 is 23.5 Å². The van der Waals surface area contributed by atoms with Gasteiger partial charge in [0.2, 0.25) is 11.8 Å². The molecule has 0 saturated carbocycles. The van der Waals surface area contributed by atoms with Gasteiger partial charge in [0, 0.05) is 38.0 Å². The van der Waals surface area contributed by atoms with Gasteiger partial charge in [-0.1, -0.05) is 0 Å². The molecule has 1 atom stereocenters. The number of ether oxygens (including phenoxy) is 1. The molecule has 2 aliphatic rings. The van der Waals surface area contributed by atoms with Crippen LogP contribution in [0.15, 0.2) is 24.3 Å². The molecule has 0 spiro atoms. The van der Waals surface area contributed by atoms with Crippen molar-refractivity contribution in [2.24, 2.45) is 0 Å². The van der Waals surface area contributed by atoms with Gasteiger partial charge in [-0.05, 0) is 43.5 Å². The molecule has 0 radical (unpaired) electrons. The smallest absolute Gasteiger partial charge is 0.245 e. The fourth-order valence-corrected chi connectivity index (χ4v) is 3.64. The van der Waals surface area contributed by atoms with Crippen LogP contribution in [0.5, 0.6) is 0 Å². The van der Waals surface area contributed by atoms with Gasteiger partial charge in [-0.15, -0.1) is 0 Å². The number of carbonyl (C=O) groups excluding carboxylic acids is 3. The monoisotopic (exact) mass is 376 g/mol. The van der Waals surface area contributed by atoms with Crippen LogP contribution in [0.25, 0.3) is 0 Å². The Morgan fingerprint density at radius 3 is 2.44 bits per heavy atom. The average Bonchev–Trinajstić information content (AvgIpc) is 3.18. The molecular weight excluding hydrogens is 351 g/mol. The number of likely N-dealkylation sites (tertiary alicyclic amines) is 1. The van der Waals surface area contributed by atoms with Crippen LogP contribution in [-0.2, 0) is 14.3 Å². The summed E-state index contributed by atoms with van der Waals surface area (Å²) in [5, 5.41) is 0. The highest BCUT2D eigenvalue weighted by Gasteiger charge is 2.36. The number of Topliss-reactive ketones (excluding diaryl/α,β-unsaturated/α-hetero) is 1. The molecule has 2 aliphatic heterocycles. The van der Waals surface area contributed by atoms with E-state index in [0.717, 1.165) is 6.42 Å². The van der Waals surface area contributed by atoms with Gasteiger partial charge < -0.3 is 14.5 Å². The lowest BCUT2D eigenvalue weighted by molar-refractivity contribution is -0.146. The summed E-state index contributed by atoms with van der Waals surface area (Å²) in [6.45, 7) is 2.81. The summed E-state index contributed by atoms with van der Waals surface area (Å²) in [4.78, 5) is 40.8. The molecule has 0 aliphatic carbocycles. The van der Waals surface area contributed by atoms with Crippen LogP contribution in [0.3, 0.4) is 0 Å². The molecule has 6 nitrogen and oxygen atoms in total. The van der Waals surface area contributed by atoms with Gasteiger partial charge in [-0.25, -0.2) is 4.39 Å². The van der Waals surface area contributed by atoms with Crippen LogP contribution in [0.1, 0.15) is 42.5 Å².